The molecule has 2 rings (SSSR count). The summed E-state index contributed by atoms with van der Waals surface area (Å²) in [5, 5.41) is 21.5. The molecule has 2 aromatic rings. The zero-order chi connectivity index (χ0) is 9.42. The zero-order valence-electron chi connectivity index (χ0n) is 6.62. The van der Waals surface area contributed by atoms with Crippen molar-refractivity contribution < 1.29 is 10.2 Å². The summed E-state index contributed by atoms with van der Waals surface area (Å²) in [5.74, 6) is -0.0185. The first-order valence-electron chi connectivity index (χ1n) is 3.72. The molecule has 1 aromatic heterocycles. The predicted octanol–water partition coefficient (Wildman–Crippen LogP) is 2.75. The lowest BCUT2D eigenvalue weighted by molar-refractivity contribution is 0.276. The van der Waals surface area contributed by atoms with E-state index >= 15 is 0 Å². The third-order valence-electron chi connectivity index (χ3n) is 1.92. The van der Waals surface area contributed by atoms with E-state index in [1.807, 2.05) is 11.4 Å². The van der Waals surface area contributed by atoms with Crippen LogP contribution in [-0.2, 0) is 6.61 Å². The number of aromatic hydroxyl groups is 1. The van der Waals surface area contributed by atoms with Crippen LogP contribution in [0.4, 0.5) is 0 Å². The number of halogens is 1. The molecular formula is C9H7ClO2S. The lowest BCUT2D eigenvalue weighted by Crippen LogP contribution is -1.84. The highest BCUT2D eigenvalue weighted by Gasteiger charge is 2.10. The van der Waals surface area contributed by atoms with Gasteiger partial charge in [-0.05, 0) is 17.5 Å². The molecule has 1 heterocycles. The number of benzene rings is 1. The first-order chi connectivity index (χ1) is 6.24. The Morgan fingerprint density at radius 2 is 2.23 bits per heavy atom. The van der Waals surface area contributed by atoms with Crippen molar-refractivity contribution in [2.45, 2.75) is 6.61 Å². The second-order valence-corrected chi connectivity index (χ2v) is 4.01. The van der Waals surface area contributed by atoms with Gasteiger partial charge in [0.1, 0.15) is 5.75 Å². The second kappa shape index (κ2) is 3.18. The summed E-state index contributed by atoms with van der Waals surface area (Å²) >= 11 is 7.43. The molecule has 2 nitrogen and oxygen atoms in total. The maximum atomic E-state index is 9.53. The molecule has 0 amide bonds. The molecule has 0 saturated heterocycles. The average Bonchev–Trinajstić information content (AvgIpc) is 2.59. The van der Waals surface area contributed by atoms with Crippen LogP contribution in [-0.4, -0.2) is 10.2 Å². The number of rotatable bonds is 1. The average molecular weight is 215 g/mol. The molecule has 13 heavy (non-hydrogen) atoms. The van der Waals surface area contributed by atoms with E-state index in [2.05, 4.69) is 0 Å². The van der Waals surface area contributed by atoms with E-state index in [9.17, 15) is 5.11 Å². The Kier molecular flexibility index (Phi) is 2.15. The standard InChI is InChI=1S/C9H7ClO2S/c10-8-6-1-2-13-7(6)3-5(4-11)9(8)12/h1-3,11-12H,4H2. The molecule has 68 valence electrons. The van der Waals surface area contributed by atoms with Crippen LogP contribution in [0, 0.1) is 0 Å². The Hall–Kier alpha value is -0.770. The van der Waals surface area contributed by atoms with Crippen LogP contribution in [0.25, 0.3) is 10.1 Å². The number of hydrogen-bond donors (Lipinski definition) is 2. The Morgan fingerprint density at radius 3 is 2.92 bits per heavy atom. The minimum absolute atomic E-state index is 0.0185. The van der Waals surface area contributed by atoms with Gasteiger partial charge in [0.15, 0.2) is 0 Å². The van der Waals surface area contributed by atoms with Crippen LogP contribution in [0.1, 0.15) is 5.56 Å². The fourth-order valence-electron chi connectivity index (χ4n) is 1.23. The monoisotopic (exact) mass is 214 g/mol. The Labute approximate surface area is 84.0 Å². The summed E-state index contributed by atoms with van der Waals surface area (Å²) in [6.07, 6.45) is 0. The molecule has 1 aromatic carbocycles. The second-order valence-electron chi connectivity index (χ2n) is 2.69. The van der Waals surface area contributed by atoms with Crippen LogP contribution >= 0.6 is 22.9 Å². The van der Waals surface area contributed by atoms with Gasteiger partial charge in [0.25, 0.3) is 0 Å². The lowest BCUT2D eigenvalue weighted by Gasteiger charge is -2.03. The number of thiophene rings is 1. The summed E-state index contributed by atoms with van der Waals surface area (Å²) in [6.45, 7) is -0.195. The van der Waals surface area contributed by atoms with Gasteiger partial charge in [-0.15, -0.1) is 11.3 Å². The van der Waals surface area contributed by atoms with Crippen molar-refractivity contribution in [3.05, 3.63) is 28.1 Å². The van der Waals surface area contributed by atoms with Gasteiger partial charge in [-0.25, -0.2) is 0 Å². The summed E-state index contributed by atoms with van der Waals surface area (Å²) in [5.41, 5.74) is 0.472. The molecule has 0 saturated carbocycles. The van der Waals surface area contributed by atoms with E-state index in [1.165, 1.54) is 11.3 Å². The zero-order valence-corrected chi connectivity index (χ0v) is 8.19. The van der Waals surface area contributed by atoms with Crippen molar-refractivity contribution in [3.63, 3.8) is 0 Å². The van der Waals surface area contributed by atoms with Gasteiger partial charge in [-0.1, -0.05) is 11.6 Å². The lowest BCUT2D eigenvalue weighted by atomic mass is 10.1. The minimum atomic E-state index is -0.195. The summed E-state index contributed by atoms with van der Waals surface area (Å²) < 4.78 is 0.979. The van der Waals surface area contributed by atoms with E-state index in [4.69, 9.17) is 16.7 Å². The third kappa shape index (κ3) is 1.29. The Balaban J connectivity index is 2.83. The van der Waals surface area contributed by atoms with Crippen LogP contribution in [0.3, 0.4) is 0 Å². The molecule has 0 aliphatic rings. The Morgan fingerprint density at radius 1 is 1.46 bits per heavy atom. The van der Waals surface area contributed by atoms with Gasteiger partial charge >= 0.3 is 0 Å². The first kappa shape index (κ1) is 8.81. The van der Waals surface area contributed by atoms with Gasteiger partial charge in [0, 0.05) is 15.6 Å². The van der Waals surface area contributed by atoms with Crippen LogP contribution < -0.4 is 0 Å². The predicted molar refractivity (Wildman–Crippen MR) is 54.4 cm³/mol. The van der Waals surface area contributed by atoms with Gasteiger partial charge in [-0.3, -0.25) is 0 Å². The van der Waals surface area contributed by atoms with E-state index in [-0.39, 0.29) is 12.4 Å². The molecule has 0 bridgehead atoms. The van der Waals surface area contributed by atoms with Crippen LogP contribution in [0.15, 0.2) is 17.5 Å². The SMILES string of the molecule is OCc1cc2sccc2c(Cl)c1O. The van der Waals surface area contributed by atoms with E-state index in [1.54, 1.807) is 6.07 Å². The minimum Gasteiger partial charge on any atom is -0.506 e. The van der Waals surface area contributed by atoms with Crippen LogP contribution in [0.5, 0.6) is 5.75 Å². The number of phenols is 1. The summed E-state index contributed by atoms with van der Waals surface area (Å²) in [6, 6.07) is 3.60. The molecule has 0 spiro atoms. The summed E-state index contributed by atoms with van der Waals surface area (Å²) in [4.78, 5) is 0. The first-order valence-corrected chi connectivity index (χ1v) is 4.98. The van der Waals surface area contributed by atoms with Crippen LogP contribution in [0.2, 0.25) is 5.02 Å². The number of aliphatic hydroxyl groups excluding tert-OH is 1. The fourth-order valence-corrected chi connectivity index (χ4v) is 2.43. The maximum absolute atomic E-state index is 9.53. The fraction of sp³-hybridized carbons (Fsp3) is 0.111. The molecule has 0 aliphatic carbocycles. The molecule has 0 atom stereocenters. The molecule has 0 unspecified atom stereocenters. The third-order valence-corrected chi connectivity index (χ3v) is 3.17. The van der Waals surface area contributed by atoms with Gasteiger partial charge in [-0.2, -0.15) is 0 Å². The maximum Gasteiger partial charge on any atom is 0.140 e. The highest BCUT2D eigenvalue weighted by atomic mass is 35.5. The Bertz CT molecular complexity index is 450. The topological polar surface area (TPSA) is 40.5 Å². The number of aliphatic hydroxyl groups is 1. The van der Waals surface area contributed by atoms with E-state index in [0.29, 0.717) is 10.6 Å². The van der Waals surface area contributed by atoms with Gasteiger partial charge in [0.05, 0.1) is 11.6 Å². The highest BCUT2D eigenvalue weighted by molar-refractivity contribution is 7.17. The molecule has 0 fully saturated rings. The van der Waals surface area contributed by atoms with Crippen molar-refractivity contribution in [2.24, 2.45) is 0 Å². The summed E-state index contributed by atoms with van der Waals surface area (Å²) in [7, 11) is 0. The highest BCUT2D eigenvalue weighted by Crippen LogP contribution is 2.37. The van der Waals surface area contributed by atoms with E-state index in [0.717, 1.165) is 10.1 Å². The quantitative estimate of drug-likeness (QED) is 0.767. The van der Waals surface area contributed by atoms with Crippen molar-refractivity contribution in [2.75, 3.05) is 0 Å². The molecule has 0 radical (unpaired) electrons. The molecule has 4 heteroatoms. The largest absolute Gasteiger partial charge is 0.506 e. The molecular weight excluding hydrogens is 208 g/mol. The smallest absolute Gasteiger partial charge is 0.140 e. The van der Waals surface area contributed by atoms with Gasteiger partial charge in [0.2, 0.25) is 0 Å². The molecule has 0 aliphatic heterocycles. The normalized spacial score (nSPS) is 10.9. The number of fused-ring (bicyclic) bond motifs is 1. The van der Waals surface area contributed by atoms with Crippen molar-refractivity contribution in [3.8, 4) is 5.75 Å². The van der Waals surface area contributed by atoms with E-state index < -0.39 is 0 Å². The van der Waals surface area contributed by atoms with Crippen molar-refractivity contribution in [1.29, 1.82) is 0 Å². The van der Waals surface area contributed by atoms with Crippen molar-refractivity contribution in [1.82, 2.24) is 0 Å². The molecule has 2 N–H and O–H groups in total. The van der Waals surface area contributed by atoms with Crippen molar-refractivity contribution >= 4 is 33.0 Å². The van der Waals surface area contributed by atoms with Gasteiger partial charge < -0.3 is 10.2 Å². The number of hydrogen-bond acceptors (Lipinski definition) is 3.